The Labute approximate surface area is 271 Å². The number of nitrogens with zero attached hydrogens (tertiary/aromatic N) is 3. The van der Waals surface area contributed by atoms with Crippen molar-refractivity contribution in [1.82, 2.24) is 14.1 Å². The summed E-state index contributed by atoms with van der Waals surface area (Å²) in [6.07, 6.45) is 2.06. The van der Waals surface area contributed by atoms with Crippen LogP contribution >= 0.6 is 0 Å². The van der Waals surface area contributed by atoms with Gasteiger partial charge in [-0.25, -0.2) is 0 Å². The summed E-state index contributed by atoms with van der Waals surface area (Å²) in [6, 6.07) is 55.2. The van der Waals surface area contributed by atoms with Gasteiger partial charge in [0.25, 0.3) is 0 Å². The molecule has 0 unspecified atom stereocenters. The molecular formula is C44H29N3. The van der Waals surface area contributed by atoms with Crippen LogP contribution in [0.15, 0.2) is 158 Å². The van der Waals surface area contributed by atoms with Crippen LogP contribution in [-0.4, -0.2) is 14.1 Å². The molecule has 0 aliphatic rings. The molecule has 0 spiro atoms. The number of hydrogen-bond donors (Lipinski definition) is 0. The highest BCUT2D eigenvalue weighted by atomic mass is 15.0. The van der Waals surface area contributed by atoms with Crippen LogP contribution in [0.5, 0.6) is 0 Å². The van der Waals surface area contributed by atoms with Crippen molar-refractivity contribution in [2.45, 2.75) is 6.92 Å². The molecule has 47 heavy (non-hydrogen) atoms. The molecule has 0 bridgehead atoms. The van der Waals surface area contributed by atoms with E-state index in [1.54, 1.807) is 0 Å². The lowest BCUT2D eigenvalue weighted by molar-refractivity contribution is 1.18. The first-order valence-corrected chi connectivity index (χ1v) is 16.1. The van der Waals surface area contributed by atoms with Gasteiger partial charge in [-0.1, -0.05) is 78.9 Å². The maximum atomic E-state index is 4.80. The van der Waals surface area contributed by atoms with Crippen molar-refractivity contribution in [2.75, 3.05) is 0 Å². The molecule has 0 N–H and O–H groups in total. The lowest BCUT2D eigenvalue weighted by Crippen LogP contribution is -1.94. The number of rotatable bonds is 3. The second-order valence-corrected chi connectivity index (χ2v) is 12.5. The smallest absolute Gasteiger partial charge is 0.0547 e. The van der Waals surface area contributed by atoms with Gasteiger partial charge in [0, 0.05) is 50.2 Å². The number of hydrogen-bond acceptors (Lipinski definition) is 1. The maximum absolute atomic E-state index is 4.80. The van der Waals surface area contributed by atoms with Gasteiger partial charge < -0.3 is 9.13 Å². The van der Waals surface area contributed by atoms with Gasteiger partial charge in [0.1, 0.15) is 0 Å². The van der Waals surface area contributed by atoms with E-state index in [2.05, 4.69) is 174 Å². The van der Waals surface area contributed by atoms with Crippen molar-refractivity contribution in [1.29, 1.82) is 0 Å². The molecule has 3 heteroatoms. The zero-order valence-electron chi connectivity index (χ0n) is 25.9. The van der Waals surface area contributed by atoms with Crippen molar-refractivity contribution in [3.63, 3.8) is 0 Å². The molecule has 7 aromatic carbocycles. The Balaban J connectivity index is 1.29. The molecular weight excluding hydrogens is 571 g/mol. The standard InChI is InChI=1S/C44H29N3/c1-28-22-37-36-26-39-34-17-9-11-19-42(34)47(32-14-6-3-7-15-32)44(39)25-30(36)24-35(40(37)27-45-28)29-20-21-43-38(23-29)33-16-8-10-18-41(33)46(43)31-12-4-2-5-13-31/h2-27H,1H3. The van der Waals surface area contributed by atoms with Crippen LogP contribution in [0.25, 0.3) is 87.7 Å². The summed E-state index contributed by atoms with van der Waals surface area (Å²) in [4.78, 5) is 4.80. The third kappa shape index (κ3) is 3.84. The molecule has 3 nitrogen and oxygen atoms in total. The number of aromatic nitrogens is 3. The lowest BCUT2D eigenvalue weighted by Gasteiger charge is -2.14. The summed E-state index contributed by atoms with van der Waals surface area (Å²) in [5.41, 5.74) is 10.6. The van der Waals surface area contributed by atoms with Crippen molar-refractivity contribution in [3.8, 4) is 22.5 Å². The quantitative estimate of drug-likeness (QED) is 0.185. The molecule has 10 rings (SSSR count). The van der Waals surface area contributed by atoms with Gasteiger partial charge in [-0.15, -0.1) is 0 Å². The highest BCUT2D eigenvalue weighted by Crippen LogP contribution is 2.42. The monoisotopic (exact) mass is 599 g/mol. The van der Waals surface area contributed by atoms with E-state index in [1.807, 2.05) is 0 Å². The first-order valence-electron chi connectivity index (χ1n) is 16.1. The highest BCUT2D eigenvalue weighted by molar-refractivity contribution is 6.21. The van der Waals surface area contributed by atoms with E-state index in [-0.39, 0.29) is 0 Å². The minimum Gasteiger partial charge on any atom is -0.309 e. The molecule has 0 amide bonds. The second kappa shape index (κ2) is 9.90. The lowest BCUT2D eigenvalue weighted by atomic mass is 9.92. The molecule has 0 radical (unpaired) electrons. The van der Waals surface area contributed by atoms with E-state index in [0.717, 1.165) is 5.69 Å². The minimum absolute atomic E-state index is 1.02. The number of fused-ring (bicyclic) bond motifs is 9. The van der Waals surface area contributed by atoms with Crippen molar-refractivity contribution >= 4 is 65.2 Å². The van der Waals surface area contributed by atoms with Crippen molar-refractivity contribution in [2.24, 2.45) is 0 Å². The highest BCUT2D eigenvalue weighted by Gasteiger charge is 2.18. The fourth-order valence-corrected chi connectivity index (χ4v) is 7.70. The number of para-hydroxylation sites is 4. The average Bonchev–Trinajstić information content (AvgIpc) is 3.63. The Morgan fingerprint density at radius 1 is 0.404 bits per heavy atom. The van der Waals surface area contributed by atoms with Gasteiger partial charge in [-0.05, 0) is 107 Å². The summed E-state index contributed by atoms with van der Waals surface area (Å²) in [5, 5.41) is 9.89. The summed E-state index contributed by atoms with van der Waals surface area (Å²) in [7, 11) is 0. The van der Waals surface area contributed by atoms with Crippen molar-refractivity contribution < 1.29 is 0 Å². The Morgan fingerprint density at radius 3 is 1.66 bits per heavy atom. The minimum atomic E-state index is 1.02. The Bertz CT molecular complexity index is 2840. The first-order chi connectivity index (χ1) is 23.2. The van der Waals surface area contributed by atoms with Crippen LogP contribution in [-0.2, 0) is 0 Å². The van der Waals surface area contributed by atoms with E-state index < -0.39 is 0 Å². The number of pyridine rings is 1. The van der Waals surface area contributed by atoms with Crippen LogP contribution in [0.4, 0.5) is 0 Å². The molecule has 0 saturated carbocycles. The molecule has 10 aromatic rings. The number of benzene rings is 7. The normalized spacial score (nSPS) is 11.9. The first kappa shape index (κ1) is 26.1. The summed E-state index contributed by atoms with van der Waals surface area (Å²) >= 11 is 0. The third-order valence-electron chi connectivity index (χ3n) is 9.78. The van der Waals surface area contributed by atoms with Gasteiger partial charge >= 0.3 is 0 Å². The van der Waals surface area contributed by atoms with Gasteiger partial charge in [0.15, 0.2) is 0 Å². The van der Waals surface area contributed by atoms with E-state index >= 15 is 0 Å². The second-order valence-electron chi connectivity index (χ2n) is 12.5. The molecule has 3 heterocycles. The van der Waals surface area contributed by atoms with Gasteiger partial charge in [0.05, 0.1) is 22.1 Å². The Kier molecular flexibility index (Phi) is 5.49. The van der Waals surface area contributed by atoms with Gasteiger partial charge in [-0.3, -0.25) is 4.98 Å². The molecule has 0 atom stereocenters. The molecule has 0 fully saturated rings. The van der Waals surface area contributed by atoms with E-state index in [4.69, 9.17) is 4.98 Å². The largest absolute Gasteiger partial charge is 0.309 e. The van der Waals surface area contributed by atoms with Crippen LogP contribution in [0.2, 0.25) is 0 Å². The summed E-state index contributed by atoms with van der Waals surface area (Å²) in [6.45, 7) is 2.09. The van der Waals surface area contributed by atoms with Crippen LogP contribution in [0.3, 0.4) is 0 Å². The number of aryl methyl sites for hydroxylation is 1. The SMILES string of the molecule is Cc1cc2c(cn1)c(-c1ccc3c(c1)c1ccccc1n3-c1ccccc1)cc1cc3c(cc12)c1ccccc1n3-c1ccccc1. The molecule has 0 aliphatic heterocycles. The average molecular weight is 600 g/mol. The molecule has 0 saturated heterocycles. The van der Waals surface area contributed by atoms with Crippen molar-refractivity contribution in [3.05, 3.63) is 164 Å². The van der Waals surface area contributed by atoms with Gasteiger partial charge in [-0.2, -0.15) is 0 Å². The van der Waals surface area contributed by atoms with Crippen LogP contribution in [0.1, 0.15) is 5.69 Å². The van der Waals surface area contributed by atoms with E-state index in [1.165, 1.54) is 87.7 Å². The predicted molar refractivity (Wildman–Crippen MR) is 198 cm³/mol. The van der Waals surface area contributed by atoms with Crippen LogP contribution in [0, 0.1) is 6.92 Å². The summed E-state index contributed by atoms with van der Waals surface area (Å²) < 4.78 is 4.77. The molecule has 3 aromatic heterocycles. The fourth-order valence-electron chi connectivity index (χ4n) is 7.70. The van der Waals surface area contributed by atoms with Crippen LogP contribution < -0.4 is 0 Å². The molecule has 0 aliphatic carbocycles. The topological polar surface area (TPSA) is 22.8 Å². The zero-order chi connectivity index (χ0) is 31.1. The van der Waals surface area contributed by atoms with E-state index in [9.17, 15) is 0 Å². The zero-order valence-corrected chi connectivity index (χ0v) is 25.9. The summed E-state index contributed by atoms with van der Waals surface area (Å²) in [5.74, 6) is 0. The Morgan fingerprint density at radius 2 is 0.979 bits per heavy atom. The maximum Gasteiger partial charge on any atom is 0.0547 e. The Hall–Kier alpha value is -6.19. The third-order valence-corrected chi connectivity index (χ3v) is 9.78. The molecule has 220 valence electrons. The fraction of sp³-hybridized carbons (Fsp3) is 0.0227. The van der Waals surface area contributed by atoms with Gasteiger partial charge in [0.2, 0.25) is 0 Å². The van der Waals surface area contributed by atoms with E-state index in [0.29, 0.717) is 0 Å². The predicted octanol–water partition coefficient (Wildman–Crippen LogP) is 11.6.